The standard InChI is InChI=1S/C18H11F8N7O2/c19-13(20)5-29-16-27-3-9(4-28-16)10(15(34)35)6-33-7-30-14(32-33)8-1-11(17(21,22)23)31-12(2-8)18(24,25)26/h1-4,6-7,13H,5H2,(H,34,35)(H,27,28,29)/b10-6+. The zero-order valence-electron chi connectivity index (χ0n) is 16.8. The molecule has 0 aliphatic heterocycles. The molecule has 0 radical (unpaired) electrons. The van der Waals surface area contributed by atoms with Gasteiger partial charge in [0.05, 0.1) is 12.1 Å². The lowest BCUT2D eigenvalue weighted by atomic mass is 10.1. The Hall–Kier alpha value is -4.18. The maximum Gasteiger partial charge on any atom is 0.433 e. The van der Waals surface area contributed by atoms with Gasteiger partial charge in [0, 0.05) is 29.7 Å². The molecule has 186 valence electrons. The van der Waals surface area contributed by atoms with Crippen LogP contribution in [0.2, 0.25) is 0 Å². The number of halogens is 8. The van der Waals surface area contributed by atoms with E-state index in [-0.39, 0.29) is 11.5 Å². The summed E-state index contributed by atoms with van der Waals surface area (Å²) in [6.07, 6.45) is -9.39. The molecule has 17 heteroatoms. The number of aliphatic carboxylic acids is 1. The third kappa shape index (κ3) is 6.45. The van der Waals surface area contributed by atoms with Crippen molar-refractivity contribution in [1.29, 1.82) is 0 Å². The number of anilines is 1. The Labute approximate surface area is 189 Å². The molecule has 0 unspecified atom stereocenters. The molecule has 3 aromatic rings. The fourth-order valence-corrected chi connectivity index (χ4v) is 2.53. The van der Waals surface area contributed by atoms with Crippen LogP contribution in [-0.2, 0) is 17.1 Å². The van der Waals surface area contributed by atoms with E-state index in [0.29, 0.717) is 12.1 Å². The molecule has 0 saturated carbocycles. The second-order valence-corrected chi connectivity index (χ2v) is 6.59. The smallest absolute Gasteiger partial charge is 0.433 e. The highest BCUT2D eigenvalue weighted by molar-refractivity contribution is 6.19. The number of rotatable bonds is 7. The molecule has 0 aliphatic rings. The van der Waals surface area contributed by atoms with Crippen LogP contribution < -0.4 is 5.32 Å². The van der Waals surface area contributed by atoms with E-state index >= 15 is 0 Å². The average Bonchev–Trinajstić information content (AvgIpc) is 3.23. The maximum absolute atomic E-state index is 13.0. The molecular weight excluding hydrogens is 498 g/mol. The first kappa shape index (κ1) is 25.4. The summed E-state index contributed by atoms with van der Waals surface area (Å²) in [6, 6.07) is 0.630. The Kier molecular flexibility index (Phi) is 6.97. The highest BCUT2D eigenvalue weighted by Crippen LogP contribution is 2.35. The molecule has 35 heavy (non-hydrogen) atoms. The number of carboxylic acid groups (broad SMARTS) is 1. The van der Waals surface area contributed by atoms with Gasteiger partial charge in [0.25, 0.3) is 6.43 Å². The van der Waals surface area contributed by atoms with Crippen molar-refractivity contribution in [2.45, 2.75) is 18.8 Å². The summed E-state index contributed by atoms with van der Waals surface area (Å²) in [5.41, 5.74) is -4.92. The number of carboxylic acids is 1. The molecule has 0 aromatic carbocycles. The third-order valence-corrected chi connectivity index (χ3v) is 4.04. The number of nitrogens with zero attached hydrogens (tertiary/aromatic N) is 6. The molecule has 0 atom stereocenters. The topological polar surface area (TPSA) is 119 Å². The second-order valence-electron chi connectivity index (χ2n) is 6.59. The van der Waals surface area contributed by atoms with Crippen LogP contribution in [0.4, 0.5) is 41.1 Å². The van der Waals surface area contributed by atoms with Gasteiger partial charge in [-0.3, -0.25) is 0 Å². The van der Waals surface area contributed by atoms with Gasteiger partial charge in [0.2, 0.25) is 5.95 Å². The molecule has 0 spiro atoms. The monoisotopic (exact) mass is 509 g/mol. The van der Waals surface area contributed by atoms with Gasteiger partial charge < -0.3 is 10.4 Å². The van der Waals surface area contributed by atoms with E-state index in [0.717, 1.165) is 29.6 Å². The van der Waals surface area contributed by atoms with Gasteiger partial charge in [0.1, 0.15) is 17.7 Å². The molecule has 3 heterocycles. The van der Waals surface area contributed by atoms with Gasteiger partial charge >= 0.3 is 18.3 Å². The summed E-state index contributed by atoms with van der Waals surface area (Å²) >= 11 is 0. The minimum atomic E-state index is -5.19. The SMILES string of the molecule is O=C(O)/C(=C/n1cnc(-c2cc(C(F)(F)F)nc(C(F)(F)F)c2)n1)c1cnc(NCC(F)F)nc1. The van der Waals surface area contributed by atoms with E-state index in [4.69, 9.17) is 0 Å². The van der Waals surface area contributed by atoms with Crippen molar-refractivity contribution in [3.8, 4) is 11.4 Å². The van der Waals surface area contributed by atoms with Gasteiger partial charge in [-0.15, -0.1) is 5.10 Å². The van der Waals surface area contributed by atoms with E-state index in [2.05, 4.69) is 30.4 Å². The van der Waals surface area contributed by atoms with Crippen LogP contribution >= 0.6 is 0 Å². The Morgan fingerprint density at radius 3 is 2.09 bits per heavy atom. The lowest BCUT2D eigenvalue weighted by molar-refractivity contribution is -0.150. The molecule has 3 aromatic heterocycles. The van der Waals surface area contributed by atoms with Crippen LogP contribution in [0.1, 0.15) is 17.0 Å². The first-order valence-electron chi connectivity index (χ1n) is 9.11. The van der Waals surface area contributed by atoms with E-state index < -0.39 is 59.6 Å². The molecular formula is C18H11F8N7O2. The molecule has 0 fully saturated rings. The second kappa shape index (κ2) is 9.59. The molecule has 9 nitrogen and oxygen atoms in total. The highest BCUT2D eigenvalue weighted by atomic mass is 19.4. The van der Waals surface area contributed by atoms with Crippen LogP contribution in [0.15, 0.2) is 30.9 Å². The van der Waals surface area contributed by atoms with E-state index in [1.807, 2.05) is 0 Å². The Bertz CT molecular complexity index is 1200. The van der Waals surface area contributed by atoms with Crippen LogP contribution in [0.5, 0.6) is 0 Å². The average molecular weight is 509 g/mol. The first-order chi connectivity index (χ1) is 16.2. The van der Waals surface area contributed by atoms with Crippen LogP contribution in [0, 0.1) is 0 Å². The Morgan fingerprint density at radius 1 is 1.03 bits per heavy atom. The summed E-state index contributed by atoms with van der Waals surface area (Å²) in [5, 5.41) is 15.4. The van der Waals surface area contributed by atoms with Gasteiger partial charge in [-0.1, -0.05) is 0 Å². The minimum absolute atomic E-state index is 0.111. The summed E-state index contributed by atoms with van der Waals surface area (Å²) in [7, 11) is 0. The maximum atomic E-state index is 13.0. The van der Waals surface area contributed by atoms with Crippen molar-refractivity contribution in [3.05, 3.63) is 47.8 Å². The number of carbonyl (C=O) groups is 1. The van der Waals surface area contributed by atoms with Crippen LogP contribution in [-0.4, -0.2) is 53.8 Å². The largest absolute Gasteiger partial charge is 0.478 e. The quantitative estimate of drug-likeness (QED) is 0.364. The van der Waals surface area contributed by atoms with Crippen molar-refractivity contribution in [1.82, 2.24) is 29.7 Å². The number of hydrogen-bond donors (Lipinski definition) is 2. The van der Waals surface area contributed by atoms with Crippen molar-refractivity contribution in [3.63, 3.8) is 0 Å². The van der Waals surface area contributed by atoms with Gasteiger partial charge in [-0.2, -0.15) is 26.3 Å². The Morgan fingerprint density at radius 2 is 1.60 bits per heavy atom. The Balaban J connectivity index is 1.96. The highest BCUT2D eigenvalue weighted by Gasteiger charge is 2.39. The predicted octanol–water partition coefficient (Wildman–Crippen LogP) is 3.93. The summed E-state index contributed by atoms with van der Waals surface area (Å²) in [6.45, 7) is -0.746. The first-order valence-corrected chi connectivity index (χ1v) is 9.11. The fourth-order valence-electron chi connectivity index (χ4n) is 2.53. The van der Waals surface area contributed by atoms with E-state index in [1.165, 1.54) is 0 Å². The number of pyridine rings is 1. The van der Waals surface area contributed by atoms with E-state index in [9.17, 15) is 45.0 Å². The summed E-state index contributed by atoms with van der Waals surface area (Å²) < 4.78 is 103. The van der Waals surface area contributed by atoms with E-state index in [1.54, 1.807) is 0 Å². The van der Waals surface area contributed by atoms with Crippen molar-refractivity contribution in [2.24, 2.45) is 0 Å². The number of hydrogen-bond acceptors (Lipinski definition) is 7. The molecule has 0 amide bonds. The summed E-state index contributed by atoms with van der Waals surface area (Å²) in [4.78, 5) is 25.2. The van der Waals surface area contributed by atoms with Gasteiger partial charge in [-0.05, 0) is 12.1 Å². The summed E-state index contributed by atoms with van der Waals surface area (Å²) in [5.74, 6) is -2.31. The molecule has 2 N–H and O–H groups in total. The van der Waals surface area contributed by atoms with Crippen molar-refractivity contribution < 1.29 is 45.0 Å². The van der Waals surface area contributed by atoms with Gasteiger partial charge in [-0.25, -0.2) is 38.2 Å². The number of aromatic nitrogens is 6. The predicted molar refractivity (Wildman–Crippen MR) is 102 cm³/mol. The third-order valence-electron chi connectivity index (χ3n) is 4.04. The van der Waals surface area contributed by atoms with Crippen LogP contribution in [0.3, 0.4) is 0 Å². The lowest BCUT2D eigenvalue weighted by Gasteiger charge is -2.11. The number of nitrogens with one attached hydrogen (secondary N) is 1. The lowest BCUT2D eigenvalue weighted by Crippen LogP contribution is -2.15. The minimum Gasteiger partial charge on any atom is -0.478 e. The normalized spacial score (nSPS) is 12.8. The van der Waals surface area contributed by atoms with Crippen molar-refractivity contribution in [2.75, 3.05) is 11.9 Å². The molecule has 3 rings (SSSR count). The number of alkyl halides is 8. The van der Waals surface area contributed by atoms with Crippen molar-refractivity contribution >= 4 is 23.7 Å². The molecule has 0 saturated heterocycles. The zero-order valence-corrected chi connectivity index (χ0v) is 16.8. The molecule has 0 aliphatic carbocycles. The molecule has 0 bridgehead atoms. The zero-order chi connectivity index (χ0) is 26.0. The van der Waals surface area contributed by atoms with Crippen LogP contribution in [0.25, 0.3) is 23.2 Å². The van der Waals surface area contributed by atoms with Gasteiger partial charge in [0.15, 0.2) is 5.82 Å². The fraction of sp³-hybridized carbons (Fsp3) is 0.222.